The van der Waals surface area contributed by atoms with Crippen LogP contribution >= 0.6 is 0 Å². The summed E-state index contributed by atoms with van der Waals surface area (Å²) in [5, 5.41) is 0. The topological polar surface area (TPSA) is 71.0 Å². The molecule has 30 heavy (non-hydrogen) atoms. The fourth-order valence-corrected chi connectivity index (χ4v) is 4.03. The molecule has 1 aromatic heterocycles. The van der Waals surface area contributed by atoms with Crippen molar-refractivity contribution >= 4 is 11.8 Å². The summed E-state index contributed by atoms with van der Waals surface area (Å²) in [4.78, 5) is 28.2. The van der Waals surface area contributed by atoms with Gasteiger partial charge >= 0.3 is 6.03 Å². The zero-order valence-electron chi connectivity index (χ0n) is 17.9. The van der Waals surface area contributed by atoms with Crippen LogP contribution in [0.25, 0.3) is 0 Å². The van der Waals surface area contributed by atoms with Gasteiger partial charge in [-0.05, 0) is 6.07 Å². The van der Waals surface area contributed by atoms with Crippen LogP contribution in [0.2, 0.25) is 0 Å². The molecule has 1 fully saturated rings. The van der Waals surface area contributed by atoms with E-state index in [-0.39, 0.29) is 6.03 Å². The number of aromatic nitrogens is 2. The van der Waals surface area contributed by atoms with Gasteiger partial charge in [0.2, 0.25) is 0 Å². The van der Waals surface area contributed by atoms with Gasteiger partial charge in [0.05, 0.1) is 32.6 Å². The third-order valence-corrected chi connectivity index (χ3v) is 5.59. The molecular formula is C22H29N5O3. The minimum atomic E-state index is 0.0201. The molecule has 2 aromatic rings. The SMILES string of the molecule is COc1ccccc1Cc1nc2c(c(N3CCOCC3)n1)CN(C(=O)N(C)C)CC2. The Kier molecular flexibility index (Phi) is 6.03. The van der Waals surface area contributed by atoms with Crippen LogP contribution in [0.4, 0.5) is 10.6 Å². The van der Waals surface area contributed by atoms with Crippen molar-refractivity contribution in [3.05, 3.63) is 46.9 Å². The molecule has 160 valence electrons. The Morgan fingerprint density at radius 3 is 2.67 bits per heavy atom. The molecule has 0 aliphatic carbocycles. The van der Waals surface area contributed by atoms with Crippen LogP contribution in [0.1, 0.15) is 22.6 Å². The highest BCUT2D eigenvalue weighted by molar-refractivity contribution is 5.74. The highest BCUT2D eigenvalue weighted by Crippen LogP contribution is 2.29. The molecule has 0 N–H and O–H groups in total. The Morgan fingerprint density at radius 2 is 1.93 bits per heavy atom. The third kappa shape index (κ3) is 4.18. The first-order chi connectivity index (χ1) is 14.6. The fourth-order valence-electron chi connectivity index (χ4n) is 4.03. The number of morpholine rings is 1. The van der Waals surface area contributed by atoms with Crippen molar-refractivity contribution in [3.8, 4) is 5.75 Å². The highest BCUT2D eigenvalue weighted by Gasteiger charge is 2.29. The maximum Gasteiger partial charge on any atom is 0.319 e. The molecule has 1 saturated heterocycles. The molecule has 0 unspecified atom stereocenters. The molecule has 4 rings (SSSR count). The maximum atomic E-state index is 12.5. The van der Waals surface area contributed by atoms with Crippen LogP contribution in [0.5, 0.6) is 5.75 Å². The molecule has 0 bridgehead atoms. The molecule has 2 aliphatic heterocycles. The third-order valence-electron chi connectivity index (χ3n) is 5.59. The van der Waals surface area contributed by atoms with Gasteiger partial charge in [-0.3, -0.25) is 0 Å². The summed E-state index contributed by atoms with van der Waals surface area (Å²) in [6.45, 7) is 4.14. The van der Waals surface area contributed by atoms with E-state index in [1.807, 2.05) is 29.2 Å². The summed E-state index contributed by atoms with van der Waals surface area (Å²) in [5.74, 6) is 2.56. The number of amides is 2. The van der Waals surface area contributed by atoms with Crippen molar-refractivity contribution in [3.63, 3.8) is 0 Å². The van der Waals surface area contributed by atoms with E-state index < -0.39 is 0 Å². The number of benzene rings is 1. The van der Waals surface area contributed by atoms with Crippen molar-refractivity contribution in [1.82, 2.24) is 19.8 Å². The zero-order valence-corrected chi connectivity index (χ0v) is 17.9. The predicted molar refractivity (Wildman–Crippen MR) is 114 cm³/mol. The minimum absolute atomic E-state index is 0.0201. The van der Waals surface area contributed by atoms with E-state index in [2.05, 4.69) is 4.90 Å². The molecular weight excluding hydrogens is 382 g/mol. The van der Waals surface area contributed by atoms with Crippen molar-refractivity contribution in [2.45, 2.75) is 19.4 Å². The van der Waals surface area contributed by atoms with Crippen molar-refractivity contribution in [2.24, 2.45) is 0 Å². The van der Waals surface area contributed by atoms with Gasteiger partial charge in [0.15, 0.2) is 0 Å². The van der Waals surface area contributed by atoms with E-state index in [9.17, 15) is 4.79 Å². The van der Waals surface area contributed by atoms with Gasteiger partial charge in [0.25, 0.3) is 0 Å². The van der Waals surface area contributed by atoms with Crippen molar-refractivity contribution in [1.29, 1.82) is 0 Å². The van der Waals surface area contributed by atoms with Crippen molar-refractivity contribution in [2.75, 3.05) is 59.0 Å². The molecule has 2 aliphatic rings. The second kappa shape index (κ2) is 8.87. The highest BCUT2D eigenvalue weighted by atomic mass is 16.5. The number of ether oxygens (including phenoxy) is 2. The monoisotopic (exact) mass is 411 g/mol. The first-order valence-electron chi connectivity index (χ1n) is 10.4. The van der Waals surface area contributed by atoms with Crippen LogP contribution in [-0.2, 0) is 24.1 Å². The van der Waals surface area contributed by atoms with E-state index in [0.29, 0.717) is 32.7 Å². The number of hydrogen-bond donors (Lipinski definition) is 0. The van der Waals surface area contributed by atoms with Crippen LogP contribution in [0.15, 0.2) is 24.3 Å². The Balaban J connectivity index is 1.70. The first-order valence-corrected chi connectivity index (χ1v) is 10.4. The summed E-state index contributed by atoms with van der Waals surface area (Å²) < 4.78 is 11.0. The quantitative estimate of drug-likeness (QED) is 0.766. The van der Waals surface area contributed by atoms with E-state index in [0.717, 1.165) is 53.7 Å². The molecule has 2 amide bonds. The average Bonchev–Trinajstić information content (AvgIpc) is 2.78. The fraction of sp³-hybridized carbons (Fsp3) is 0.500. The maximum absolute atomic E-state index is 12.5. The molecule has 0 saturated carbocycles. The standard InChI is InChI=1S/C22H29N5O3/c1-25(2)22(28)27-9-8-18-17(15-27)21(26-10-12-30-13-11-26)24-20(23-18)14-16-6-4-5-7-19(16)29-3/h4-7H,8-15H2,1-3H3. The van der Waals surface area contributed by atoms with Gasteiger partial charge in [-0.25, -0.2) is 14.8 Å². The number of urea groups is 1. The molecule has 3 heterocycles. The molecule has 0 radical (unpaired) electrons. The summed E-state index contributed by atoms with van der Waals surface area (Å²) >= 11 is 0. The predicted octanol–water partition coefficient (Wildman–Crippen LogP) is 1.95. The van der Waals surface area contributed by atoms with Gasteiger partial charge in [0.1, 0.15) is 17.4 Å². The Hall–Kier alpha value is -2.87. The molecule has 8 nitrogen and oxygen atoms in total. The number of nitrogens with zero attached hydrogens (tertiary/aromatic N) is 5. The largest absolute Gasteiger partial charge is 0.496 e. The van der Waals surface area contributed by atoms with Gasteiger partial charge < -0.3 is 24.2 Å². The average molecular weight is 412 g/mol. The van der Waals surface area contributed by atoms with Crippen LogP contribution < -0.4 is 9.64 Å². The summed E-state index contributed by atoms with van der Waals surface area (Å²) in [6, 6.07) is 8.00. The summed E-state index contributed by atoms with van der Waals surface area (Å²) in [6.07, 6.45) is 1.34. The van der Waals surface area contributed by atoms with E-state index in [4.69, 9.17) is 19.4 Å². The number of hydrogen-bond acceptors (Lipinski definition) is 6. The van der Waals surface area contributed by atoms with E-state index >= 15 is 0 Å². The number of anilines is 1. The molecule has 0 spiro atoms. The van der Waals surface area contributed by atoms with Crippen molar-refractivity contribution < 1.29 is 14.3 Å². The van der Waals surface area contributed by atoms with Gasteiger partial charge in [-0.15, -0.1) is 0 Å². The zero-order chi connectivity index (χ0) is 21.1. The lowest BCUT2D eigenvalue weighted by atomic mass is 10.0. The minimum Gasteiger partial charge on any atom is -0.496 e. The number of methoxy groups -OCH3 is 1. The number of carbonyl (C=O) groups is 1. The molecule has 0 atom stereocenters. The number of rotatable bonds is 4. The van der Waals surface area contributed by atoms with Gasteiger partial charge in [0, 0.05) is 57.7 Å². The second-order valence-electron chi connectivity index (χ2n) is 7.83. The number of para-hydroxylation sites is 1. The summed E-state index contributed by atoms with van der Waals surface area (Å²) in [7, 11) is 5.25. The first kappa shape index (κ1) is 20.4. The lowest BCUT2D eigenvalue weighted by Crippen LogP contribution is -2.44. The normalized spacial score (nSPS) is 16.2. The van der Waals surface area contributed by atoms with Gasteiger partial charge in [-0.1, -0.05) is 18.2 Å². The van der Waals surface area contributed by atoms with Crippen LogP contribution in [0, 0.1) is 0 Å². The lowest BCUT2D eigenvalue weighted by molar-refractivity contribution is 0.122. The van der Waals surface area contributed by atoms with Gasteiger partial charge in [-0.2, -0.15) is 0 Å². The van der Waals surface area contributed by atoms with E-state index in [1.165, 1.54) is 0 Å². The van der Waals surface area contributed by atoms with E-state index in [1.54, 1.807) is 26.1 Å². The number of fused-ring (bicyclic) bond motifs is 1. The molecule has 8 heteroatoms. The second-order valence-corrected chi connectivity index (χ2v) is 7.83. The Morgan fingerprint density at radius 1 is 1.17 bits per heavy atom. The van der Waals surface area contributed by atoms with Crippen LogP contribution in [-0.4, -0.2) is 79.9 Å². The number of carbonyl (C=O) groups excluding carboxylic acids is 1. The Labute approximate surface area is 177 Å². The summed E-state index contributed by atoms with van der Waals surface area (Å²) in [5.41, 5.74) is 3.16. The Bertz CT molecular complexity index is 912. The molecule has 1 aromatic carbocycles. The smallest absolute Gasteiger partial charge is 0.319 e. The van der Waals surface area contributed by atoms with Crippen LogP contribution in [0.3, 0.4) is 0 Å². The lowest BCUT2D eigenvalue weighted by Gasteiger charge is -2.35.